The molecule has 3 nitrogen and oxygen atoms in total. The molecule has 0 saturated carbocycles. The third-order valence-corrected chi connectivity index (χ3v) is 2.75. The Labute approximate surface area is 101 Å². The first-order valence-corrected chi connectivity index (χ1v) is 5.57. The SMILES string of the molecule is COCCCC(C)(O)c1c(F)cccc1OC. The van der Waals surface area contributed by atoms with Gasteiger partial charge in [0.2, 0.25) is 0 Å². The van der Waals surface area contributed by atoms with E-state index in [4.69, 9.17) is 9.47 Å². The maximum Gasteiger partial charge on any atom is 0.133 e. The first-order valence-electron chi connectivity index (χ1n) is 5.57. The molecule has 0 amide bonds. The van der Waals surface area contributed by atoms with Gasteiger partial charge in [-0.2, -0.15) is 0 Å². The molecule has 1 N–H and O–H groups in total. The summed E-state index contributed by atoms with van der Waals surface area (Å²) in [6.45, 7) is 2.12. The van der Waals surface area contributed by atoms with E-state index in [1.54, 1.807) is 26.2 Å². The molecule has 1 aromatic carbocycles. The molecule has 0 aliphatic carbocycles. The summed E-state index contributed by atoms with van der Waals surface area (Å²) in [4.78, 5) is 0. The minimum Gasteiger partial charge on any atom is -0.496 e. The smallest absolute Gasteiger partial charge is 0.133 e. The molecule has 96 valence electrons. The third kappa shape index (κ3) is 3.41. The van der Waals surface area contributed by atoms with Crippen LogP contribution in [0.3, 0.4) is 0 Å². The van der Waals surface area contributed by atoms with Gasteiger partial charge < -0.3 is 14.6 Å². The molecule has 1 atom stereocenters. The normalized spacial score (nSPS) is 14.4. The summed E-state index contributed by atoms with van der Waals surface area (Å²) in [6, 6.07) is 4.52. The van der Waals surface area contributed by atoms with E-state index in [0.29, 0.717) is 25.2 Å². The van der Waals surface area contributed by atoms with Gasteiger partial charge in [0, 0.05) is 13.7 Å². The van der Waals surface area contributed by atoms with E-state index in [-0.39, 0.29) is 5.56 Å². The molecule has 1 rings (SSSR count). The molecule has 0 aliphatic heterocycles. The van der Waals surface area contributed by atoms with Crippen molar-refractivity contribution in [2.24, 2.45) is 0 Å². The van der Waals surface area contributed by atoms with Crippen LogP contribution in [0.2, 0.25) is 0 Å². The zero-order valence-corrected chi connectivity index (χ0v) is 10.5. The molecule has 0 fully saturated rings. The molecular weight excluding hydrogens is 223 g/mol. The predicted octanol–water partition coefficient (Wildman–Crippen LogP) is 2.47. The molecule has 0 bridgehead atoms. The Balaban J connectivity index is 2.96. The Morgan fingerprint density at radius 2 is 2.06 bits per heavy atom. The van der Waals surface area contributed by atoms with Crippen LogP contribution in [0.4, 0.5) is 4.39 Å². The lowest BCUT2D eigenvalue weighted by molar-refractivity contribution is 0.0316. The molecule has 0 heterocycles. The second-order valence-corrected chi connectivity index (χ2v) is 4.19. The molecule has 17 heavy (non-hydrogen) atoms. The number of hydrogen-bond donors (Lipinski definition) is 1. The van der Waals surface area contributed by atoms with E-state index >= 15 is 0 Å². The summed E-state index contributed by atoms with van der Waals surface area (Å²) in [5.74, 6) is -0.0841. The first kappa shape index (κ1) is 13.9. The highest BCUT2D eigenvalue weighted by atomic mass is 19.1. The molecule has 0 aliphatic rings. The summed E-state index contributed by atoms with van der Waals surface area (Å²) in [6.07, 6.45) is 1.07. The Morgan fingerprint density at radius 1 is 1.35 bits per heavy atom. The van der Waals surface area contributed by atoms with Gasteiger partial charge in [0.25, 0.3) is 0 Å². The second kappa shape index (κ2) is 5.98. The third-order valence-electron chi connectivity index (χ3n) is 2.75. The van der Waals surface area contributed by atoms with E-state index in [1.807, 2.05) is 0 Å². The summed E-state index contributed by atoms with van der Waals surface area (Å²) < 4.78 is 23.8. The quantitative estimate of drug-likeness (QED) is 0.779. The molecule has 0 saturated heterocycles. The highest BCUT2D eigenvalue weighted by Crippen LogP contribution is 2.35. The highest BCUT2D eigenvalue weighted by molar-refractivity contribution is 5.38. The Morgan fingerprint density at radius 3 is 2.65 bits per heavy atom. The zero-order valence-electron chi connectivity index (χ0n) is 10.5. The number of rotatable bonds is 6. The van der Waals surface area contributed by atoms with Gasteiger partial charge in [-0.3, -0.25) is 0 Å². The standard InChI is InChI=1S/C13H19FO3/c1-13(15,8-5-9-16-2)12-10(14)6-4-7-11(12)17-3/h4,6-7,15H,5,8-9H2,1-3H3. The molecular formula is C13H19FO3. The zero-order chi connectivity index (χ0) is 12.9. The van der Waals surface area contributed by atoms with Crippen LogP contribution < -0.4 is 4.74 Å². The number of halogens is 1. The van der Waals surface area contributed by atoms with Crippen molar-refractivity contribution >= 4 is 0 Å². The van der Waals surface area contributed by atoms with E-state index in [0.717, 1.165) is 0 Å². The van der Waals surface area contributed by atoms with Crippen molar-refractivity contribution in [2.45, 2.75) is 25.4 Å². The molecule has 4 heteroatoms. The number of hydrogen-bond acceptors (Lipinski definition) is 3. The monoisotopic (exact) mass is 242 g/mol. The largest absolute Gasteiger partial charge is 0.496 e. The van der Waals surface area contributed by atoms with Crippen molar-refractivity contribution in [3.63, 3.8) is 0 Å². The summed E-state index contributed by atoms with van der Waals surface area (Å²) in [5.41, 5.74) is -1.05. The minimum atomic E-state index is -1.25. The van der Waals surface area contributed by atoms with E-state index in [1.165, 1.54) is 13.2 Å². The number of ether oxygens (including phenoxy) is 2. The molecule has 0 spiro atoms. The van der Waals surface area contributed by atoms with Crippen molar-refractivity contribution in [3.8, 4) is 5.75 Å². The highest BCUT2D eigenvalue weighted by Gasteiger charge is 2.29. The maximum atomic E-state index is 13.8. The van der Waals surface area contributed by atoms with E-state index in [9.17, 15) is 9.50 Å². The lowest BCUT2D eigenvalue weighted by Gasteiger charge is -2.26. The van der Waals surface area contributed by atoms with Crippen molar-refractivity contribution in [2.75, 3.05) is 20.8 Å². The summed E-state index contributed by atoms with van der Waals surface area (Å²) in [5, 5.41) is 10.3. The van der Waals surface area contributed by atoms with Crippen LogP contribution in [0.15, 0.2) is 18.2 Å². The summed E-state index contributed by atoms with van der Waals surface area (Å²) >= 11 is 0. The van der Waals surface area contributed by atoms with Crippen LogP contribution in [0.1, 0.15) is 25.3 Å². The average Bonchev–Trinajstić information content (AvgIpc) is 2.28. The molecule has 1 unspecified atom stereocenters. The first-order chi connectivity index (χ1) is 8.03. The fourth-order valence-corrected chi connectivity index (χ4v) is 1.88. The van der Waals surface area contributed by atoms with Crippen LogP contribution in [0, 0.1) is 5.82 Å². The number of aliphatic hydroxyl groups is 1. The van der Waals surface area contributed by atoms with Crippen LogP contribution in [0.25, 0.3) is 0 Å². The van der Waals surface area contributed by atoms with Crippen molar-refractivity contribution < 1.29 is 19.0 Å². The maximum absolute atomic E-state index is 13.8. The van der Waals surface area contributed by atoms with Gasteiger partial charge in [0.1, 0.15) is 11.6 Å². The van der Waals surface area contributed by atoms with Crippen LogP contribution in [-0.2, 0) is 10.3 Å². The van der Waals surface area contributed by atoms with Gasteiger partial charge in [0.05, 0.1) is 18.3 Å². The minimum absolute atomic E-state index is 0.207. The topological polar surface area (TPSA) is 38.7 Å². The van der Waals surface area contributed by atoms with Gasteiger partial charge in [-0.05, 0) is 31.9 Å². The van der Waals surface area contributed by atoms with Gasteiger partial charge in [-0.25, -0.2) is 4.39 Å². The van der Waals surface area contributed by atoms with E-state index < -0.39 is 11.4 Å². The molecule has 1 aromatic rings. The van der Waals surface area contributed by atoms with E-state index in [2.05, 4.69) is 0 Å². The lowest BCUT2D eigenvalue weighted by Crippen LogP contribution is -2.24. The van der Waals surface area contributed by atoms with Gasteiger partial charge >= 0.3 is 0 Å². The van der Waals surface area contributed by atoms with Gasteiger partial charge in [-0.1, -0.05) is 6.07 Å². The fourth-order valence-electron chi connectivity index (χ4n) is 1.88. The van der Waals surface area contributed by atoms with Crippen molar-refractivity contribution in [1.29, 1.82) is 0 Å². The van der Waals surface area contributed by atoms with Crippen LogP contribution >= 0.6 is 0 Å². The number of benzene rings is 1. The average molecular weight is 242 g/mol. The molecule has 0 aromatic heterocycles. The second-order valence-electron chi connectivity index (χ2n) is 4.19. The van der Waals surface area contributed by atoms with Gasteiger partial charge in [-0.15, -0.1) is 0 Å². The van der Waals surface area contributed by atoms with Crippen molar-refractivity contribution in [1.82, 2.24) is 0 Å². The van der Waals surface area contributed by atoms with Crippen molar-refractivity contribution in [3.05, 3.63) is 29.6 Å². The van der Waals surface area contributed by atoms with Crippen LogP contribution in [0.5, 0.6) is 5.75 Å². The fraction of sp³-hybridized carbons (Fsp3) is 0.538. The Hall–Kier alpha value is -1.13. The Kier molecular flexibility index (Phi) is 4.90. The lowest BCUT2D eigenvalue weighted by atomic mass is 9.90. The molecule has 0 radical (unpaired) electrons. The predicted molar refractivity (Wildman–Crippen MR) is 63.6 cm³/mol. The Bertz CT molecular complexity index is 364. The number of methoxy groups -OCH3 is 2. The van der Waals surface area contributed by atoms with Gasteiger partial charge in [0.15, 0.2) is 0 Å². The summed E-state index contributed by atoms with van der Waals surface area (Å²) in [7, 11) is 3.06. The van der Waals surface area contributed by atoms with Crippen LogP contribution in [-0.4, -0.2) is 25.9 Å².